The van der Waals surface area contributed by atoms with Crippen molar-refractivity contribution in [1.29, 1.82) is 0 Å². The van der Waals surface area contributed by atoms with E-state index >= 15 is 0 Å². The van der Waals surface area contributed by atoms with E-state index in [2.05, 4.69) is 20.6 Å². The van der Waals surface area contributed by atoms with E-state index in [4.69, 9.17) is 5.73 Å². The van der Waals surface area contributed by atoms with Crippen LogP contribution in [-0.4, -0.2) is 26.5 Å². The first-order chi connectivity index (χ1) is 7.34. The lowest BCUT2D eigenvalue weighted by Gasteiger charge is -2.05. The number of anilines is 2. The fraction of sp³-hybridized carbons (Fsp3) is 0.222. The number of hydrogen-bond acceptors (Lipinski definition) is 5. The Hall–Kier alpha value is -2.11. The van der Waals surface area contributed by atoms with Crippen LogP contribution in [0.3, 0.4) is 0 Å². The zero-order valence-electron chi connectivity index (χ0n) is 8.17. The van der Waals surface area contributed by atoms with Crippen LogP contribution in [-0.2, 0) is 6.54 Å². The zero-order chi connectivity index (χ0) is 10.5. The third kappa shape index (κ3) is 2.67. The molecule has 0 aliphatic rings. The Bertz CT molecular complexity index is 410. The number of pyridine rings is 1. The van der Waals surface area contributed by atoms with Gasteiger partial charge in [-0.05, 0) is 6.07 Å². The summed E-state index contributed by atoms with van der Waals surface area (Å²) in [6, 6.07) is 1.84. The molecule has 0 aliphatic carbocycles. The molecule has 6 nitrogen and oxygen atoms in total. The molecule has 0 radical (unpaired) electrons. The highest BCUT2D eigenvalue weighted by Gasteiger charge is 1.94. The lowest BCUT2D eigenvalue weighted by atomic mass is 10.4. The van der Waals surface area contributed by atoms with E-state index in [9.17, 15) is 0 Å². The highest BCUT2D eigenvalue weighted by atomic mass is 15.4. The molecule has 0 atom stereocenters. The molecule has 0 saturated carbocycles. The Labute approximate surface area is 87.1 Å². The van der Waals surface area contributed by atoms with Crippen molar-refractivity contribution < 1.29 is 0 Å². The van der Waals surface area contributed by atoms with Crippen LogP contribution < -0.4 is 11.1 Å². The molecule has 15 heavy (non-hydrogen) atoms. The van der Waals surface area contributed by atoms with Crippen LogP contribution in [0.2, 0.25) is 0 Å². The summed E-state index contributed by atoms with van der Waals surface area (Å²) < 4.78 is 1.76. The molecular weight excluding hydrogens is 192 g/mol. The Balaban J connectivity index is 1.83. The van der Waals surface area contributed by atoms with Gasteiger partial charge < -0.3 is 11.1 Å². The van der Waals surface area contributed by atoms with Crippen molar-refractivity contribution in [3.05, 3.63) is 30.9 Å². The first kappa shape index (κ1) is 9.45. The lowest BCUT2D eigenvalue weighted by molar-refractivity contribution is 0.609. The summed E-state index contributed by atoms with van der Waals surface area (Å²) in [5.41, 5.74) is 7.16. The number of nitrogen functional groups attached to an aromatic ring is 1. The third-order valence-corrected chi connectivity index (χ3v) is 1.90. The predicted octanol–water partition coefficient (Wildman–Crippen LogP) is 0.367. The summed E-state index contributed by atoms with van der Waals surface area (Å²) in [6.07, 6.45) is 6.82. The summed E-state index contributed by atoms with van der Waals surface area (Å²) >= 11 is 0. The highest BCUT2D eigenvalue weighted by Crippen LogP contribution is 2.08. The van der Waals surface area contributed by atoms with E-state index in [0.717, 1.165) is 18.8 Å². The fourth-order valence-corrected chi connectivity index (χ4v) is 1.22. The first-order valence-electron chi connectivity index (χ1n) is 4.63. The minimum absolute atomic E-state index is 0.653. The van der Waals surface area contributed by atoms with Gasteiger partial charge in [0.15, 0.2) is 0 Å². The van der Waals surface area contributed by atoms with Gasteiger partial charge in [-0.1, -0.05) is 5.21 Å². The normalized spacial score (nSPS) is 10.1. The number of nitrogens with zero attached hydrogens (tertiary/aromatic N) is 4. The Morgan fingerprint density at radius 2 is 2.33 bits per heavy atom. The molecule has 2 heterocycles. The highest BCUT2D eigenvalue weighted by molar-refractivity contribution is 5.50. The molecule has 78 valence electrons. The molecule has 2 rings (SSSR count). The molecule has 0 aliphatic heterocycles. The van der Waals surface area contributed by atoms with E-state index in [-0.39, 0.29) is 0 Å². The third-order valence-electron chi connectivity index (χ3n) is 1.90. The van der Waals surface area contributed by atoms with Gasteiger partial charge in [0, 0.05) is 18.9 Å². The van der Waals surface area contributed by atoms with E-state index < -0.39 is 0 Å². The summed E-state index contributed by atoms with van der Waals surface area (Å²) in [6.45, 7) is 1.52. The van der Waals surface area contributed by atoms with E-state index in [1.807, 2.05) is 12.3 Å². The molecular formula is C9H12N6. The average Bonchev–Trinajstić information content (AvgIpc) is 2.71. The van der Waals surface area contributed by atoms with Gasteiger partial charge in [-0.15, -0.1) is 5.10 Å². The first-order valence-corrected chi connectivity index (χ1v) is 4.63. The van der Waals surface area contributed by atoms with E-state index in [1.165, 1.54) is 0 Å². The largest absolute Gasteiger partial charge is 0.397 e. The van der Waals surface area contributed by atoms with Gasteiger partial charge in [0.25, 0.3) is 0 Å². The Morgan fingerprint density at radius 1 is 1.40 bits per heavy atom. The van der Waals surface area contributed by atoms with Crippen molar-refractivity contribution in [2.24, 2.45) is 0 Å². The molecule has 2 aromatic rings. The molecule has 0 amide bonds. The van der Waals surface area contributed by atoms with Gasteiger partial charge in [-0.25, -0.2) is 0 Å². The number of nitrogens with two attached hydrogens (primary N) is 1. The fourth-order valence-electron chi connectivity index (χ4n) is 1.22. The topological polar surface area (TPSA) is 81.6 Å². The van der Waals surface area contributed by atoms with Crippen LogP contribution in [0.15, 0.2) is 30.9 Å². The molecule has 0 spiro atoms. The predicted molar refractivity (Wildman–Crippen MR) is 57.2 cm³/mol. The maximum atomic E-state index is 5.59. The molecule has 0 saturated heterocycles. The van der Waals surface area contributed by atoms with E-state index in [0.29, 0.717) is 5.69 Å². The number of nitrogens with one attached hydrogen (secondary N) is 1. The SMILES string of the molecule is Nc1cncc(NCCn2ccnn2)c1. The second-order valence-corrected chi connectivity index (χ2v) is 3.10. The van der Waals surface area contributed by atoms with Crippen molar-refractivity contribution in [3.63, 3.8) is 0 Å². The number of aromatic nitrogens is 4. The quantitative estimate of drug-likeness (QED) is 0.751. The standard InChI is InChI=1S/C9H12N6/c10-8-5-9(7-11-6-8)12-1-3-15-4-2-13-14-15/h2,4-7,12H,1,3,10H2. The molecule has 6 heteroatoms. The number of rotatable bonds is 4. The minimum atomic E-state index is 0.653. The Morgan fingerprint density at radius 3 is 3.07 bits per heavy atom. The molecule has 0 fully saturated rings. The van der Waals surface area contributed by atoms with Crippen LogP contribution in [0.4, 0.5) is 11.4 Å². The molecule has 0 unspecified atom stereocenters. The molecule has 2 aromatic heterocycles. The molecule has 3 N–H and O–H groups in total. The van der Waals surface area contributed by atoms with Crippen molar-refractivity contribution in [2.75, 3.05) is 17.6 Å². The monoisotopic (exact) mass is 204 g/mol. The summed E-state index contributed by atoms with van der Waals surface area (Å²) in [5, 5.41) is 10.8. The number of hydrogen-bond donors (Lipinski definition) is 2. The van der Waals surface area contributed by atoms with Crippen molar-refractivity contribution in [1.82, 2.24) is 20.0 Å². The van der Waals surface area contributed by atoms with Crippen LogP contribution in [0, 0.1) is 0 Å². The summed E-state index contributed by atoms with van der Waals surface area (Å²) in [7, 11) is 0. The summed E-state index contributed by atoms with van der Waals surface area (Å²) in [5.74, 6) is 0. The zero-order valence-corrected chi connectivity index (χ0v) is 8.17. The smallest absolute Gasteiger partial charge is 0.0692 e. The van der Waals surface area contributed by atoms with Crippen LogP contribution >= 0.6 is 0 Å². The van der Waals surface area contributed by atoms with Gasteiger partial charge in [0.05, 0.1) is 30.3 Å². The molecule has 0 bridgehead atoms. The summed E-state index contributed by atoms with van der Waals surface area (Å²) in [4.78, 5) is 3.98. The van der Waals surface area contributed by atoms with Gasteiger partial charge in [0.2, 0.25) is 0 Å². The van der Waals surface area contributed by atoms with Gasteiger partial charge in [0.1, 0.15) is 0 Å². The van der Waals surface area contributed by atoms with E-state index in [1.54, 1.807) is 23.3 Å². The Kier molecular flexibility index (Phi) is 2.77. The second-order valence-electron chi connectivity index (χ2n) is 3.10. The maximum absolute atomic E-state index is 5.59. The lowest BCUT2D eigenvalue weighted by Crippen LogP contribution is -2.11. The molecule has 0 aromatic carbocycles. The maximum Gasteiger partial charge on any atom is 0.0692 e. The van der Waals surface area contributed by atoms with Gasteiger partial charge >= 0.3 is 0 Å². The van der Waals surface area contributed by atoms with Crippen molar-refractivity contribution >= 4 is 11.4 Å². The van der Waals surface area contributed by atoms with Gasteiger partial charge in [-0.3, -0.25) is 9.67 Å². The second kappa shape index (κ2) is 4.41. The van der Waals surface area contributed by atoms with Crippen molar-refractivity contribution in [3.8, 4) is 0 Å². The minimum Gasteiger partial charge on any atom is -0.397 e. The average molecular weight is 204 g/mol. The van der Waals surface area contributed by atoms with Crippen LogP contribution in [0.5, 0.6) is 0 Å². The van der Waals surface area contributed by atoms with Crippen molar-refractivity contribution in [2.45, 2.75) is 6.54 Å². The van der Waals surface area contributed by atoms with Crippen LogP contribution in [0.25, 0.3) is 0 Å². The van der Waals surface area contributed by atoms with Crippen LogP contribution in [0.1, 0.15) is 0 Å². The van der Waals surface area contributed by atoms with Gasteiger partial charge in [-0.2, -0.15) is 0 Å².